The van der Waals surface area contributed by atoms with Crippen LogP contribution < -0.4 is 10.9 Å². The molecule has 0 aliphatic carbocycles. The monoisotopic (exact) mass is 272 g/mol. The quantitative estimate of drug-likeness (QED) is 0.654. The number of amides is 2. The van der Waals surface area contributed by atoms with Crippen LogP contribution >= 0.6 is 11.3 Å². The molecule has 0 bridgehead atoms. The Kier molecular flexibility index (Phi) is 5.28. The molecule has 7 nitrogen and oxygen atoms in total. The van der Waals surface area contributed by atoms with E-state index in [-0.39, 0.29) is 0 Å². The van der Waals surface area contributed by atoms with E-state index < -0.39 is 30.5 Å². The van der Waals surface area contributed by atoms with Crippen molar-refractivity contribution in [3.05, 3.63) is 22.4 Å². The molecule has 0 saturated carbocycles. The van der Waals surface area contributed by atoms with Crippen molar-refractivity contribution in [3.8, 4) is 0 Å². The van der Waals surface area contributed by atoms with Crippen molar-refractivity contribution in [2.45, 2.75) is 13.0 Å². The van der Waals surface area contributed by atoms with Crippen LogP contribution in [0.25, 0.3) is 0 Å². The number of rotatable bonds is 5. The molecule has 1 rings (SSSR count). The highest BCUT2D eigenvalue weighted by Gasteiger charge is 2.13. The number of carbonyl (C=O) groups is 3. The molecule has 0 radical (unpaired) electrons. The van der Waals surface area contributed by atoms with Crippen molar-refractivity contribution in [2.75, 3.05) is 6.61 Å². The molecule has 1 heterocycles. The van der Waals surface area contributed by atoms with Gasteiger partial charge in [0.1, 0.15) is 6.61 Å². The van der Waals surface area contributed by atoms with E-state index in [2.05, 4.69) is 10.9 Å². The number of carbonyl (C=O) groups excluding carboxylic acids is 2. The number of carboxylic acid groups (broad SMARTS) is 1. The molecule has 0 spiro atoms. The first-order chi connectivity index (χ1) is 8.50. The number of carboxylic acids is 1. The molecular formula is C10H12N2O5S. The van der Waals surface area contributed by atoms with Gasteiger partial charge in [-0.25, -0.2) is 4.79 Å². The summed E-state index contributed by atoms with van der Waals surface area (Å²) in [6.45, 7) is 0.859. The van der Waals surface area contributed by atoms with E-state index in [1.165, 1.54) is 18.3 Å². The van der Waals surface area contributed by atoms with Crippen LogP contribution in [0.3, 0.4) is 0 Å². The number of hydrazine groups is 1. The summed E-state index contributed by atoms with van der Waals surface area (Å²) in [6, 6.07) is 3.31. The zero-order valence-corrected chi connectivity index (χ0v) is 10.3. The third-order valence-electron chi connectivity index (χ3n) is 1.87. The van der Waals surface area contributed by atoms with E-state index in [1.807, 2.05) is 0 Å². The Morgan fingerprint density at radius 2 is 2.17 bits per heavy atom. The third kappa shape index (κ3) is 4.52. The Balaban J connectivity index is 2.25. The SMILES string of the molecule is C[C@H](OCC(=O)NNC(=O)c1cccs1)C(=O)O. The maximum atomic E-state index is 11.4. The molecule has 0 fully saturated rings. The zero-order valence-electron chi connectivity index (χ0n) is 9.50. The van der Waals surface area contributed by atoms with Gasteiger partial charge in [0.25, 0.3) is 11.8 Å². The van der Waals surface area contributed by atoms with Crippen molar-refractivity contribution in [2.24, 2.45) is 0 Å². The largest absolute Gasteiger partial charge is 0.479 e. The molecule has 0 aromatic carbocycles. The first-order valence-corrected chi connectivity index (χ1v) is 5.85. The third-order valence-corrected chi connectivity index (χ3v) is 2.74. The molecule has 1 atom stereocenters. The fourth-order valence-electron chi connectivity index (χ4n) is 0.904. The summed E-state index contributed by atoms with van der Waals surface area (Å²) in [5.74, 6) is -2.23. The van der Waals surface area contributed by atoms with Crippen LogP contribution in [0.1, 0.15) is 16.6 Å². The van der Waals surface area contributed by atoms with Gasteiger partial charge in [0, 0.05) is 0 Å². The first-order valence-electron chi connectivity index (χ1n) is 4.98. The summed E-state index contributed by atoms with van der Waals surface area (Å²) >= 11 is 1.23. The molecule has 0 unspecified atom stereocenters. The van der Waals surface area contributed by atoms with Crippen molar-refractivity contribution in [1.29, 1.82) is 0 Å². The molecule has 0 aliphatic heterocycles. The van der Waals surface area contributed by atoms with E-state index in [4.69, 9.17) is 9.84 Å². The second-order valence-corrected chi connectivity index (χ2v) is 4.22. The first kappa shape index (κ1) is 14.1. The van der Waals surface area contributed by atoms with Crippen molar-refractivity contribution in [3.63, 3.8) is 0 Å². The summed E-state index contributed by atoms with van der Waals surface area (Å²) in [5, 5.41) is 10.2. The van der Waals surface area contributed by atoms with Gasteiger partial charge >= 0.3 is 5.97 Å². The molecule has 2 amide bonds. The summed E-state index contributed by atoms with van der Waals surface area (Å²) in [5.41, 5.74) is 4.30. The van der Waals surface area contributed by atoms with Crippen molar-refractivity contribution < 1.29 is 24.2 Å². The van der Waals surface area contributed by atoms with E-state index in [0.717, 1.165) is 0 Å². The summed E-state index contributed by atoms with van der Waals surface area (Å²) in [7, 11) is 0. The molecule has 0 saturated heterocycles. The Morgan fingerprint density at radius 3 is 2.72 bits per heavy atom. The highest BCUT2D eigenvalue weighted by atomic mass is 32.1. The van der Waals surface area contributed by atoms with Gasteiger partial charge in [0.15, 0.2) is 6.10 Å². The molecule has 3 N–H and O–H groups in total. The van der Waals surface area contributed by atoms with Crippen LogP contribution in [-0.4, -0.2) is 35.6 Å². The lowest BCUT2D eigenvalue weighted by atomic mass is 10.4. The van der Waals surface area contributed by atoms with Gasteiger partial charge in [-0.05, 0) is 18.4 Å². The van der Waals surface area contributed by atoms with Gasteiger partial charge in [-0.15, -0.1) is 11.3 Å². The molecule has 98 valence electrons. The summed E-state index contributed by atoms with van der Waals surface area (Å²) < 4.78 is 4.73. The lowest BCUT2D eigenvalue weighted by molar-refractivity contribution is -0.150. The number of nitrogens with one attached hydrogen (secondary N) is 2. The van der Waals surface area contributed by atoms with Crippen LogP contribution in [0.15, 0.2) is 17.5 Å². The maximum absolute atomic E-state index is 11.4. The zero-order chi connectivity index (χ0) is 13.5. The maximum Gasteiger partial charge on any atom is 0.332 e. The van der Waals surface area contributed by atoms with E-state index in [9.17, 15) is 14.4 Å². The van der Waals surface area contributed by atoms with Gasteiger partial charge in [-0.2, -0.15) is 0 Å². The fourth-order valence-corrected chi connectivity index (χ4v) is 1.52. The average Bonchev–Trinajstić information content (AvgIpc) is 2.86. The standard InChI is InChI=1S/C10H12N2O5S/c1-6(10(15)16)17-5-8(13)11-12-9(14)7-3-2-4-18-7/h2-4,6H,5H2,1H3,(H,11,13)(H,12,14)(H,15,16)/t6-/m0/s1. The minimum absolute atomic E-state index is 0.440. The van der Waals surface area contributed by atoms with Gasteiger partial charge in [0.05, 0.1) is 4.88 Å². The van der Waals surface area contributed by atoms with Crippen molar-refractivity contribution >= 4 is 29.1 Å². The van der Waals surface area contributed by atoms with Crippen LogP contribution in [0.4, 0.5) is 0 Å². The molecule has 0 aliphatic rings. The van der Waals surface area contributed by atoms with Crippen LogP contribution in [0, 0.1) is 0 Å². The Morgan fingerprint density at radius 1 is 1.44 bits per heavy atom. The lowest BCUT2D eigenvalue weighted by Gasteiger charge is -2.09. The van der Waals surface area contributed by atoms with Crippen molar-refractivity contribution in [1.82, 2.24) is 10.9 Å². The Labute approximate surface area is 107 Å². The lowest BCUT2D eigenvalue weighted by Crippen LogP contribution is -2.43. The molecular weight excluding hydrogens is 260 g/mol. The molecule has 18 heavy (non-hydrogen) atoms. The smallest absolute Gasteiger partial charge is 0.332 e. The van der Waals surface area contributed by atoms with Crippen LogP contribution in [-0.2, 0) is 14.3 Å². The number of ether oxygens (including phenoxy) is 1. The number of thiophene rings is 1. The van der Waals surface area contributed by atoms with Gasteiger partial charge in [-0.3, -0.25) is 20.4 Å². The van der Waals surface area contributed by atoms with Crippen LogP contribution in [0.2, 0.25) is 0 Å². The minimum Gasteiger partial charge on any atom is -0.479 e. The second kappa shape index (κ2) is 6.72. The number of hydrogen-bond acceptors (Lipinski definition) is 5. The van der Waals surface area contributed by atoms with Crippen LogP contribution in [0.5, 0.6) is 0 Å². The second-order valence-electron chi connectivity index (χ2n) is 3.27. The Hall–Kier alpha value is -1.93. The fraction of sp³-hybridized carbons (Fsp3) is 0.300. The number of aliphatic carboxylic acids is 1. The predicted molar refractivity (Wildman–Crippen MR) is 63.0 cm³/mol. The van der Waals surface area contributed by atoms with Gasteiger partial charge < -0.3 is 9.84 Å². The normalized spacial score (nSPS) is 11.6. The topological polar surface area (TPSA) is 105 Å². The van der Waals surface area contributed by atoms with Gasteiger partial charge in [-0.1, -0.05) is 6.07 Å². The molecule has 1 aromatic heterocycles. The highest BCUT2D eigenvalue weighted by Crippen LogP contribution is 2.06. The van der Waals surface area contributed by atoms with Gasteiger partial charge in [0.2, 0.25) is 0 Å². The summed E-state index contributed by atoms with van der Waals surface area (Å²) in [4.78, 5) is 33.5. The highest BCUT2D eigenvalue weighted by molar-refractivity contribution is 7.12. The molecule has 1 aromatic rings. The Bertz CT molecular complexity index is 431. The average molecular weight is 272 g/mol. The summed E-state index contributed by atoms with van der Waals surface area (Å²) in [6.07, 6.45) is -1.08. The number of hydrogen-bond donors (Lipinski definition) is 3. The predicted octanol–water partition coefficient (Wildman–Crippen LogP) is -0.00120. The van der Waals surface area contributed by atoms with E-state index >= 15 is 0 Å². The van der Waals surface area contributed by atoms with E-state index in [1.54, 1.807) is 17.5 Å². The molecule has 8 heteroatoms. The van der Waals surface area contributed by atoms with E-state index in [0.29, 0.717) is 4.88 Å². The minimum atomic E-state index is -1.16.